The van der Waals surface area contributed by atoms with Crippen molar-refractivity contribution >= 4 is 0 Å². The Morgan fingerprint density at radius 2 is 1.11 bits per heavy atom. The molecule has 0 saturated heterocycles. The normalized spacial score (nSPS) is 2.67. The molecule has 7 nitrogen and oxygen atoms in total. The minimum atomic E-state index is -1.50. The summed E-state index contributed by atoms with van der Waals surface area (Å²) in [6.45, 7) is 0. The van der Waals surface area contributed by atoms with Crippen LogP contribution < -0.4 is 0 Å². The van der Waals surface area contributed by atoms with Gasteiger partial charge in [-0.1, -0.05) is 0 Å². The van der Waals surface area contributed by atoms with Gasteiger partial charge in [-0.15, -0.1) is 10.1 Å². The zero-order chi connectivity index (χ0) is 3.58. The molecule has 48 valence electrons. The molecule has 0 unspecified atom stereocenters. The van der Waals surface area contributed by atoms with Crippen molar-refractivity contribution in [1.82, 2.24) is 0 Å². The number of nitrogens with zero attached hydrogens (tertiary/aromatic N) is 1. The van der Waals surface area contributed by atoms with E-state index >= 15 is 0 Å². The third-order valence-electron chi connectivity index (χ3n) is 0. The van der Waals surface area contributed by atoms with E-state index in [2.05, 4.69) is 0 Å². The van der Waals surface area contributed by atoms with Crippen LogP contribution in [0.5, 0.6) is 0 Å². The summed E-state index contributed by atoms with van der Waals surface area (Å²) in [5.74, 6) is 0. The van der Waals surface area contributed by atoms with E-state index in [9.17, 15) is 0 Å². The SMILES string of the molecule is O=[N+]([O-])O.[O-2].[O-2].[O-2].[Pr+3].[Pr+3]. The first kappa shape index (κ1) is 45.0. The maximum atomic E-state index is 8.36. The Labute approximate surface area is 117 Å². The maximum Gasteiger partial charge on any atom is 3.00 e. The van der Waals surface area contributed by atoms with E-state index in [1.165, 1.54) is 0 Å². The first-order valence-electron chi connectivity index (χ1n) is 0.565. The van der Waals surface area contributed by atoms with Crippen LogP contribution in [0.4, 0.5) is 0 Å². The third kappa shape index (κ3) is 183. The van der Waals surface area contributed by atoms with Crippen LogP contribution in [-0.2, 0) is 16.4 Å². The molecular formula is HNO6Pr2. The Hall–Kier alpha value is 1.81. The molecule has 0 aromatic carbocycles. The Morgan fingerprint density at radius 1 is 1.11 bits per heavy atom. The van der Waals surface area contributed by atoms with Crippen LogP contribution in [0.2, 0.25) is 0 Å². The topological polar surface area (TPSA) is 149 Å². The van der Waals surface area contributed by atoms with E-state index in [4.69, 9.17) is 15.3 Å². The van der Waals surface area contributed by atoms with Crippen LogP contribution >= 0.6 is 0 Å². The predicted molar refractivity (Wildman–Crippen MR) is 10.8 cm³/mol. The summed E-state index contributed by atoms with van der Waals surface area (Å²) in [6, 6.07) is 0. The molecule has 0 aromatic rings. The molecule has 0 bridgehead atoms. The van der Waals surface area contributed by atoms with Gasteiger partial charge in [-0.05, 0) is 0 Å². The Balaban J connectivity index is -0.00000000450. The monoisotopic (exact) mass is 393 g/mol. The van der Waals surface area contributed by atoms with Crippen molar-refractivity contribution in [3.63, 3.8) is 0 Å². The maximum absolute atomic E-state index is 8.36. The number of hydrogen-bond donors (Lipinski definition) is 1. The van der Waals surface area contributed by atoms with E-state index in [0.717, 1.165) is 0 Å². The van der Waals surface area contributed by atoms with Crippen LogP contribution in [-0.4, -0.2) is 10.3 Å². The van der Waals surface area contributed by atoms with Gasteiger partial charge in [0.2, 0.25) is 0 Å². The van der Waals surface area contributed by atoms with E-state index in [1.807, 2.05) is 0 Å². The molecule has 0 atom stereocenters. The summed E-state index contributed by atoms with van der Waals surface area (Å²) >= 11 is 0. The van der Waals surface area contributed by atoms with Gasteiger partial charge in [-0.3, -0.25) is 0 Å². The van der Waals surface area contributed by atoms with Crippen molar-refractivity contribution < 1.29 is 109 Å². The summed E-state index contributed by atoms with van der Waals surface area (Å²) in [5, 5.41) is 13.6. The van der Waals surface area contributed by atoms with Crippen molar-refractivity contribution in [2.45, 2.75) is 0 Å². The van der Waals surface area contributed by atoms with Gasteiger partial charge in [-0.2, -0.15) is 0 Å². The molecule has 9 heavy (non-hydrogen) atoms. The van der Waals surface area contributed by atoms with E-state index < -0.39 is 5.09 Å². The van der Waals surface area contributed by atoms with Gasteiger partial charge in [0.1, 0.15) is 0 Å². The smallest absolute Gasteiger partial charge is 2.00 e. The molecule has 0 aromatic heterocycles. The van der Waals surface area contributed by atoms with Crippen molar-refractivity contribution in [3.8, 4) is 0 Å². The summed E-state index contributed by atoms with van der Waals surface area (Å²) in [6.07, 6.45) is 0. The molecule has 0 fully saturated rings. The fraction of sp³-hybridized carbons (Fsp3) is 0. The second kappa shape index (κ2) is 32.9. The van der Waals surface area contributed by atoms with Crippen molar-refractivity contribution in [1.29, 1.82) is 0 Å². The zero-order valence-corrected chi connectivity index (χ0v) is 11.5. The summed E-state index contributed by atoms with van der Waals surface area (Å²) in [5.41, 5.74) is 0. The molecular weight excluding hydrogens is 392 g/mol. The summed E-state index contributed by atoms with van der Waals surface area (Å²) in [4.78, 5) is 8.36. The first-order chi connectivity index (χ1) is 1.73. The minimum Gasteiger partial charge on any atom is -2.00 e. The van der Waals surface area contributed by atoms with Crippen molar-refractivity contribution in [2.75, 3.05) is 0 Å². The van der Waals surface area contributed by atoms with Gasteiger partial charge >= 0.3 is 82.6 Å². The average Bonchev–Trinajstić information content (AvgIpc) is 0.811. The van der Waals surface area contributed by atoms with Crippen LogP contribution in [0.1, 0.15) is 0 Å². The molecule has 0 aliphatic carbocycles. The van der Waals surface area contributed by atoms with Crippen molar-refractivity contribution in [3.05, 3.63) is 10.1 Å². The van der Waals surface area contributed by atoms with E-state index in [-0.39, 0.29) is 99.0 Å². The molecule has 0 aliphatic heterocycles. The van der Waals surface area contributed by atoms with E-state index in [1.54, 1.807) is 0 Å². The molecule has 0 aliphatic rings. The molecule has 0 heterocycles. The molecule has 0 spiro atoms. The van der Waals surface area contributed by atoms with E-state index in [0.29, 0.717) is 0 Å². The van der Waals surface area contributed by atoms with Gasteiger partial charge in [-0.25, -0.2) is 0 Å². The standard InChI is InChI=1S/HNO3.3O.2Pr/c2-1(3)4;;;;;/h(H,2,3,4);;;;;/q;3*-2;2*+3. The summed E-state index contributed by atoms with van der Waals surface area (Å²) < 4.78 is 0. The quantitative estimate of drug-likeness (QED) is 0.428. The van der Waals surface area contributed by atoms with Crippen LogP contribution in [0.3, 0.4) is 0 Å². The number of rotatable bonds is 0. The van der Waals surface area contributed by atoms with Gasteiger partial charge in [0, 0.05) is 0 Å². The zero-order valence-electron chi connectivity index (χ0n) is 4.09. The molecule has 9 heteroatoms. The third-order valence-corrected chi connectivity index (χ3v) is 0. The minimum absolute atomic E-state index is 0. The fourth-order valence-corrected chi connectivity index (χ4v) is 0. The van der Waals surface area contributed by atoms with Gasteiger partial charge < -0.3 is 21.6 Å². The second-order valence-electron chi connectivity index (χ2n) is 0.238. The van der Waals surface area contributed by atoms with Crippen molar-refractivity contribution in [2.24, 2.45) is 0 Å². The Kier molecular flexibility index (Phi) is 165. The largest absolute Gasteiger partial charge is 3.00 e. The van der Waals surface area contributed by atoms with Gasteiger partial charge in [0.05, 0.1) is 0 Å². The molecule has 0 radical (unpaired) electrons. The fourth-order valence-electron chi connectivity index (χ4n) is 0. The van der Waals surface area contributed by atoms with Crippen LogP contribution in [0, 0.1) is 92.7 Å². The van der Waals surface area contributed by atoms with Crippen LogP contribution in [0.25, 0.3) is 0 Å². The Bertz CT molecular complexity index is 34.0. The summed E-state index contributed by atoms with van der Waals surface area (Å²) in [7, 11) is 0. The molecule has 1 N–H and O–H groups in total. The average molecular weight is 393 g/mol. The van der Waals surface area contributed by atoms with Crippen LogP contribution in [0.15, 0.2) is 0 Å². The number of hydrogen-bond acceptors (Lipinski definition) is 2. The first-order valence-corrected chi connectivity index (χ1v) is 0.565. The molecule has 0 rings (SSSR count). The Morgan fingerprint density at radius 3 is 1.11 bits per heavy atom. The second-order valence-corrected chi connectivity index (χ2v) is 0.238. The van der Waals surface area contributed by atoms with Gasteiger partial charge in [0.15, 0.2) is 0 Å². The van der Waals surface area contributed by atoms with Gasteiger partial charge in [0.25, 0.3) is 5.09 Å². The predicted octanol–water partition coefficient (Wildman–Crippen LogP) is -0.704. The molecule has 0 saturated carbocycles. The molecule has 0 amide bonds.